The first kappa shape index (κ1) is 11.3. The minimum Gasteiger partial charge on any atom is -0.503 e. The lowest BCUT2D eigenvalue weighted by Crippen LogP contribution is -2.26. The van der Waals surface area contributed by atoms with Gasteiger partial charge in [0.15, 0.2) is 11.4 Å². The number of nitrogens with one attached hydrogen (secondary N) is 1. The maximum atomic E-state index is 11.5. The van der Waals surface area contributed by atoms with Crippen LogP contribution in [0.5, 0.6) is 5.75 Å². The highest BCUT2D eigenvalue weighted by Gasteiger charge is 2.17. The number of hydrogen-bond acceptors (Lipinski definition) is 3. The first-order valence-electron chi connectivity index (χ1n) is 4.68. The van der Waals surface area contributed by atoms with E-state index in [1.807, 2.05) is 6.92 Å². The van der Waals surface area contributed by atoms with Crippen LogP contribution in [0.1, 0.15) is 23.1 Å². The monoisotopic (exact) mass is 210 g/mol. The van der Waals surface area contributed by atoms with Crippen molar-refractivity contribution in [2.45, 2.75) is 20.4 Å². The predicted molar refractivity (Wildman–Crippen MR) is 56.2 cm³/mol. The van der Waals surface area contributed by atoms with Gasteiger partial charge in [0.05, 0.1) is 0 Å². The Morgan fingerprint density at radius 2 is 2.20 bits per heavy atom. The summed E-state index contributed by atoms with van der Waals surface area (Å²) in [6.07, 6.45) is 0. The van der Waals surface area contributed by atoms with Gasteiger partial charge in [-0.15, -0.1) is 0 Å². The molecular formula is C10H14N2O3. The highest BCUT2D eigenvalue weighted by atomic mass is 16.3. The van der Waals surface area contributed by atoms with E-state index in [2.05, 4.69) is 5.32 Å². The van der Waals surface area contributed by atoms with Crippen molar-refractivity contribution < 1.29 is 9.90 Å². The second kappa shape index (κ2) is 4.16. The molecule has 2 N–H and O–H groups in total. The molecule has 0 fully saturated rings. The van der Waals surface area contributed by atoms with Crippen molar-refractivity contribution in [1.29, 1.82) is 0 Å². The highest BCUT2D eigenvalue weighted by Crippen LogP contribution is 2.13. The fraction of sp³-hybridized carbons (Fsp3) is 0.400. The van der Waals surface area contributed by atoms with E-state index in [1.165, 1.54) is 13.1 Å². The summed E-state index contributed by atoms with van der Waals surface area (Å²) in [4.78, 5) is 22.8. The van der Waals surface area contributed by atoms with Crippen molar-refractivity contribution in [3.05, 3.63) is 27.7 Å². The van der Waals surface area contributed by atoms with Gasteiger partial charge in [-0.3, -0.25) is 9.59 Å². The van der Waals surface area contributed by atoms with E-state index >= 15 is 0 Å². The van der Waals surface area contributed by atoms with Crippen molar-refractivity contribution >= 4 is 5.91 Å². The third kappa shape index (κ3) is 1.86. The highest BCUT2D eigenvalue weighted by molar-refractivity contribution is 5.95. The van der Waals surface area contributed by atoms with Gasteiger partial charge in [0.2, 0.25) is 5.43 Å². The molecule has 5 nitrogen and oxygen atoms in total. The molecular weight excluding hydrogens is 196 g/mol. The molecule has 15 heavy (non-hydrogen) atoms. The number of amides is 1. The molecule has 0 aliphatic carbocycles. The van der Waals surface area contributed by atoms with Crippen molar-refractivity contribution in [1.82, 2.24) is 9.88 Å². The van der Waals surface area contributed by atoms with Crippen LogP contribution in [-0.2, 0) is 6.54 Å². The molecule has 0 aromatic carbocycles. The number of pyridine rings is 1. The molecule has 0 atom stereocenters. The van der Waals surface area contributed by atoms with Gasteiger partial charge in [0.25, 0.3) is 5.91 Å². The van der Waals surface area contributed by atoms with Crippen molar-refractivity contribution in [3.63, 3.8) is 0 Å². The normalized spacial score (nSPS) is 10.1. The topological polar surface area (TPSA) is 71.3 Å². The Balaban J connectivity index is 3.58. The molecule has 0 spiro atoms. The molecule has 0 aliphatic heterocycles. The smallest absolute Gasteiger partial charge is 0.271 e. The first-order valence-corrected chi connectivity index (χ1v) is 4.68. The molecule has 0 saturated carbocycles. The lowest BCUT2D eigenvalue weighted by molar-refractivity contribution is 0.0949. The van der Waals surface area contributed by atoms with Crippen LogP contribution in [0.3, 0.4) is 0 Å². The molecule has 0 aliphatic rings. The Hall–Kier alpha value is -1.78. The Morgan fingerprint density at radius 1 is 1.60 bits per heavy atom. The Kier molecular flexibility index (Phi) is 3.14. The zero-order valence-corrected chi connectivity index (χ0v) is 9.00. The Labute approximate surface area is 87.4 Å². The van der Waals surface area contributed by atoms with Crippen LogP contribution < -0.4 is 10.7 Å². The fourth-order valence-electron chi connectivity index (χ4n) is 1.51. The number of rotatable bonds is 2. The quantitative estimate of drug-likeness (QED) is 0.734. The van der Waals surface area contributed by atoms with Gasteiger partial charge in [0, 0.05) is 25.4 Å². The van der Waals surface area contributed by atoms with Gasteiger partial charge in [-0.1, -0.05) is 0 Å². The summed E-state index contributed by atoms with van der Waals surface area (Å²) >= 11 is 0. The van der Waals surface area contributed by atoms with Gasteiger partial charge >= 0.3 is 0 Å². The third-order valence-corrected chi connectivity index (χ3v) is 2.25. The number of carbonyl (C=O) groups is 1. The molecule has 1 amide bonds. The lowest BCUT2D eigenvalue weighted by atomic mass is 10.2. The van der Waals surface area contributed by atoms with Crippen LogP contribution in [0.25, 0.3) is 0 Å². The van der Waals surface area contributed by atoms with Gasteiger partial charge in [0.1, 0.15) is 0 Å². The molecule has 0 radical (unpaired) electrons. The van der Waals surface area contributed by atoms with Crippen molar-refractivity contribution in [3.8, 4) is 5.75 Å². The van der Waals surface area contributed by atoms with Crippen molar-refractivity contribution in [2.24, 2.45) is 0 Å². The van der Waals surface area contributed by atoms with Crippen molar-refractivity contribution in [2.75, 3.05) is 7.05 Å². The molecule has 0 unspecified atom stereocenters. The molecule has 0 bridgehead atoms. The molecule has 1 aromatic heterocycles. The van der Waals surface area contributed by atoms with E-state index < -0.39 is 17.1 Å². The second-order valence-corrected chi connectivity index (χ2v) is 3.17. The molecule has 5 heteroatoms. The third-order valence-electron chi connectivity index (χ3n) is 2.25. The number of carbonyl (C=O) groups excluding carboxylic acids is 1. The Morgan fingerprint density at radius 3 is 2.67 bits per heavy atom. The van der Waals surface area contributed by atoms with E-state index in [-0.39, 0.29) is 5.69 Å². The van der Waals surface area contributed by atoms with Crippen LogP contribution in [0, 0.1) is 6.92 Å². The fourth-order valence-corrected chi connectivity index (χ4v) is 1.51. The summed E-state index contributed by atoms with van der Waals surface area (Å²) in [5.41, 5.74) is 0.139. The van der Waals surface area contributed by atoms with E-state index in [1.54, 1.807) is 11.5 Å². The van der Waals surface area contributed by atoms with Gasteiger partial charge in [-0.2, -0.15) is 0 Å². The van der Waals surface area contributed by atoms with E-state index in [4.69, 9.17) is 0 Å². The minimum absolute atomic E-state index is 0.0185. The zero-order chi connectivity index (χ0) is 11.6. The number of aromatic nitrogens is 1. The Bertz CT molecular complexity index is 449. The maximum absolute atomic E-state index is 11.5. The summed E-state index contributed by atoms with van der Waals surface area (Å²) in [6, 6.07) is 1.31. The zero-order valence-electron chi connectivity index (χ0n) is 9.00. The molecule has 0 saturated heterocycles. The minimum atomic E-state index is -0.532. The van der Waals surface area contributed by atoms with Crippen LogP contribution in [0.2, 0.25) is 0 Å². The molecule has 1 aromatic rings. The first-order chi connectivity index (χ1) is 7.02. The van der Waals surface area contributed by atoms with Crippen LogP contribution in [0.15, 0.2) is 10.9 Å². The van der Waals surface area contributed by atoms with Crippen LogP contribution in [0.4, 0.5) is 0 Å². The summed E-state index contributed by atoms with van der Waals surface area (Å²) in [5, 5.41) is 11.9. The summed E-state index contributed by atoms with van der Waals surface area (Å²) in [6.45, 7) is 4.07. The number of aromatic hydroxyl groups is 1. The average Bonchev–Trinajstić information content (AvgIpc) is 2.21. The molecule has 1 heterocycles. The van der Waals surface area contributed by atoms with E-state index in [0.29, 0.717) is 12.2 Å². The maximum Gasteiger partial charge on any atom is 0.271 e. The standard InChI is InChI=1S/C10H14N2O3/c1-4-12-6(2)5-7(13)9(14)8(12)10(15)11-3/h5,14H,4H2,1-3H3,(H,11,15). The number of nitrogens with zero attached hydrogens (tertiary/aromatic N) is 1. The largest absolute Gasteiger partial charge is 0.503 e. The summed E-state index contributed by atoms with van der Waals surface area (Å²) in [7, 11) is 1.45. The SMILES string of the molecule is CCn1c(C)cc(=O)c(O)c1C(=O)NC. The van der Waals surface area contributed by atoms with Crippen LogP contribution >= 0.6 is 0 Å². The number of hydrogen-bond donors (Lipinski definition) is 2. The number of aryl methyl sites for hydroxylation is 1. The second-order valence-electron chi connectivity index (χ2n) is 3.17. The summed E-state index contributed by atoms with van der Waals surface area (Å²) < 4.78 is 1.59. The lowest BCUT2D eigenvalue weighted by Gasteiger charge is -2.14. The molecule has 82 valence electrons. The van der Waals surface area contributed by atoms with Gasteiger partial charge < -0.3 is 15.0 Å². The van der Waals surface area contributed by atoms with E-state index in [0.717, 1.165) is 0 Å². The van der Waals surface area contributed by atoms with Crippen LogP contribution in [-0.4, -0.2) is 22.6 Å². The van der Waals surface area contributed by atoms with Gasteiger partial charge in [-0.05, 0) is 13.8 Å². The average molecular weight is 210 g/mol. The molecule has 1 rings (SSSR count). The van der Waals surface area contributed by atoms with E-state index in [9.17, 15) is 14.7 Å². The summed E-state index contributed by atoms with van der Waals surface area (Å²) in [5.74, 6) is -0.961. The predicted octanol–water partition coefficient (Wildman–Crippen LogP) is 0.242. The van der Waals surface area contributed by atoms with Gasteiger partial charge in [-0.25, -0.2) is 0 Å².